The number of likely N-dealkylation sites (N-methyl/N-ethyl adjacent to an activating group) is 2. The molecule has 0 saturated carbocycles. The molecule has 1 aromatic carbocycles. The summed E-state index contributed by atoms with van der Waals surface area (Å²) < 4.78 is 0. The van der Waals surface area contributed by atoms with Crippen LogP contribution in [0.4, 0.5) is 17.2 Å². The average Bonchev–Trinajstić information content (AvgIpc) is 2.88. The fourth-order valence-electron chi connectivity index (χ4n) is 2.80. The van der Waals surface area contributed by atoms with Gasteiger partial charge in [-0.05, 0) is 36.4 Å². The van der Waals surface area contributed by atoms with E-state index in [2.05, 4.69) is 29.5 Å². The van der Waals surface area contributed by atoms with Gasteiger partial charge in [0, 0.05) is 31.9 Å². The van der Waals surface area contributed by atoms with Crippen LogP contribution in [0, 0.1) is 0 Å². The van der Waals surface area contributed by atoms with Gasteiger partial charge in [0.05, 0.1) is 24.5 Å². The van der Waals surface area contributed by atoms with Gasteiger partial charge in [-0.25, -0.2) is 10.8 Å². The number of hydrazine groups is 1. The number of carbonyl (C=O) groups is 2. The number of amides is 2. The Morgan fingerprint density at radius 3 is 2.08 bits per heavy atom. The highest BCUT2D eigenvalue weighted by Crippen LogP contribution is 2.29. The van der Waals surface area contributed by atoms with E-state index in [9.17, 15) is 9.59 Å². The zero-order valence-electron chi connectivity index (χ0n) is 22.8. The van der Waals surface area contributed by atoms with E-state index in [-0.39, 0.29) is 24.9 Å². The number of hydrogen-bond acceptors (Lipinski definition) is 8. The molecule has 36 heavy (non-hydrogen) atoms. The maximum Gasteiger partial charge on any atom is 0.255 e. The molecule has 0 unspecified atom stereocenters. The lowest BCUT2D eigenvalue weighted by Gasteiger charge is -2.26. The van der Waals surface area contributed by atoms with Crippen LogP contribution in [0.2, 0.25) is 0 Å². The minimum Gasteiger partial charge on any atom is -0.397 e. The van der Waals surface area contributed by atoms with Crippen molar-refractivity contribution in [2.24, 2.45) is 5.84 Å². The summed E-state index contributed by atoms with van der Waals surface area (Å²) in [5, 5.41) is 6.94. The van der Waals surface area contributed by atoms with Crippen molar-refractivity contribution in [2.45, 2.75) is 47.5 Å². The number of nitrogens with zero attached hydrogens (tertiary/aromatic N) is 3. The summed E-state index contributed by atoms with van der Waals surface area (Å²) in [6.45, 7) is 12.2. The van der Waals surface area contributed by atoms with E-state index in [0.29, 0.717) is 30.3 Å². The second kappa shape index (κ2) is 18.9. The first kappa shape index (κ1) is 32.6. The molecule has 0 spiro atoms. The molecule has 0 radical (unpaired) electrons. The number of benzene rings is 1. The number of unbranched alkanes of at least 4 members (excludes halogenated alkanes) is 1. The fraction of sp³-hybridized carbons (Fsp3) is 0.500. The molecule has 202 valence electrons. The smallest absolute Gasteiger partial charge is 0.255 e. The number of nitrogens with one attached hydrogen (secondary N) is 2. The Morgan fingerprint density at radius 2 is 1.58 bits per heavy atom. The van der Waals surface area contributed by atoms with Crippen molar-refractivity contribution < 1.29 is 9.59 Å². The lowest BCUT2D eigenvalue weighted by molar-refractivity contribution is -0.128. The highest BCUT2D eigenvalue weighted by Gasteiger charge is 2.19. The molecular weight excluding hydrogens is 456 g/mol. The molecule has 0 bridgehead atoms. The SMILES string of the molecule is CC.CCCC.CCNCCNC(=O)CN(CC(=O)N(C)N)c1ccc(-c2ccc(N)nc2)cc1N. The second-order valence-electron chi connectivity index (χ2n) is 7.81. The van der Waals surface area contributed by atoms with Gasteiger partial charge >= 0.3 is 0 Å². The molecule has 10 heteroatoms. The molecular formula is C26H46N8O2. The minimum absolute atomic E-state index is 0.0291. The number of anilines is 3. The molecule has 2 rings (SSSR count). The maximum absolute atomic E-state index is 12.4. The van der Waals surface area contributed by atoms with Crippen molar-refractivity contribution in [2.75, 3.05) is 56.1 Å². The van der Waals surface area contributed by atoms with Gasteiger partial charge in [0.1, 0.15) is 5.82 Å². The third-order valence-corrected chi connectivity index (χ3v) is 4.92. The normalized spacial score (nSPS) is 9.75. The Kier molecular flexibility index (Phi) is 17.1. The molecule has 10 nitrogen and oxygen atoms in total. The molecule has 2 aromatic rings. The first-order valence-corrected chi connectivity index (χ1v) is 12.6. The van der Waals surface area contributed by atoms with E-state index in [4.69, 9.17) is 17.3 Å². The Balaban J connectivity index is 0.00000185. The van der Waals surface area contributed by atoms with Crippen LogP contribution in [0.15, 0.2) is 36.5 Å². The average molecular weight is 503 g/mol. The van der Waals surface area contributed by atoms with E-state index < -0.39 is 0 Å². The van der Waals surface area contributed by atoms with E-state index in [1.54, 1.807) is 29.3 Å². The van der Waals surface area contributed by atoms with E-state index >= 15 is 0 Å². The number of carbonyl (C=O) groups excluding carboxylic acids is 2. The number of aromatic nitrogens is 1. The third kappa shape index (κ3) is 12.4. The predicted octanol–water partition coefficient (Wildman–Crippen LogP) is 2.61. The highest BCUT2D eigenvalue weighted by molar-refractivity contribution is 5.89. The summed E-state index contributed by atoms with van der Waals surface area (Å²) in [6.07, 6.45) is 4.30. The van der Waals surface area contributed by atoms with Crippen LogP contribution in [0.1, 0.15) is 47.5 Å². The summed E-state index contributed by atoms with van der Waals surface area (Å²) in [5.74, 6) is 5.42. The zero-order valence-corrected chi connectivity index (χ0v) is 22.8. The molecule has 1 heterocycles. The van der Waals surface area contributed by atoms with Crippen LogP contribution >= 0.6 is 0 Å². The van der Waals surface area contributed by atoms with Crippen molar-refractivity contribution >= 4 is 29.0 Å². The summed E-state index contributed by atoms with van der Waals surface area (Å²) in [6, 6.07) is 8.95. The molecule has 1 aromatic heterocycles. The molecule has 0 aliphatic carbocycles. The number of nitrogen functional groups attached to an aromatic ring is 2. The van der Waals surface area contributed by atoms with Gasteiger partial charge in [0.25, 0.3) is 5.91 Å². The standard InChI is InChI=1S/C20H30N8O2.C4H10.C2H6/c1-3-24-8-9-25-19(29)12-28(13-20(30)27(2)23)17-6-4-14(10-16(17)21)15-5-7-18(22)26-11-15;1-3-4-2;1-2/h4-7,10-11,24H,3,8-9,12-13,21,23H2,1-2H3,(H2,22,26)(H,25,29);3-4H2,1-2H3;1-2H3. The Labute approximate surface area is 216 Å². The van der Waals surface area contributed by atoms with Gasteiger partial charge in [-0.3, -0.25) is 14.6 Å². The largest absolute Gasteiger partial charge is 0.397 e. The van der Waals surface area contributed by atoms with Crippen molar-refractivity contribution in [3.05, 3.63) is 36.5 Å². The highest BCUT2D eigenvalue weighted by atomic mass is 16.2. The van der Waals surface area contributed by atoms with Gasteiger partial charge < -0.3 is 27.0 Å². The summed E-state index contributed by atoms with van der Waals surface area (Å²) in [4.78, 5) is 30.3. The predicted molar refractivity (Wildman–Crippen MR) is 151 cm³/mol. The van der Waals surface area contributed by atoms with Crippen LogP contribution in [-0.4, -0.2) is 61.6 Å². The van der Waals surface area contributed by atoms with Gasteiger partial charge in [-0.1, -0.05) is 53.5 Å². The number of rotatable bonds is 11. The number of nitrogens with two attached hydrogens (primary N) is 3. The van der Waals surface area contributed by atoms with E-state index in [1.807, 2.05) is 32.9 Å². The van der Waals surface area contributed by atoms with Gasteiger partial charge in [-0.15, -0.1) is 0 Å². The van der Waals surface area contributed by atoms with Crippen LogP contribution in [0.3, 0.4) is 0 Å². The molecule has 0 fully saturated rings. The molecule has 0 aliphatic rings. The number of hydrogen-bond donors (Lipinski definition) is 5. The van der Waals surface area contributed by atoms with Gasteiger partial charge in [0.15, 0.2) is 0 Å². The van der Waals surface area contributed by atoms with Crippen molar-refractivity contribution in [3.63, 3.8) is 0 Å². The van der Waals surface area contributed by atoms with E-state index in [1.165, 1.54) is 19.9 Å². The zero-order chi connectivity index (χ0) is 27.5. The first-order valence-electron chi connectivity index (χ1n) is 12.6. The number of pyridine rings is 1. The van der Waals surface area contributed by atoms with Gasteiger partial charge in [0.2, 0.25) is 5.91 Å². The first-order chi connectivity index (χ1) is 17.2. The minimum atomic E-state index is -0.346. The Morgan fingerprint density at radius 1 is 0.944 bits per heavy atom. The Bertz CT molecular complexity index is 886. The fourth-order valence-corrected chi connectivity index (χ4v) is 2.80. The van der Waals surface area contributed by atoms with Crippen LogP contribution in [-0.2, 0) is 9.59 Å². The van der Waals surface area contributed by atoms with Crippen molar-refractivity contribution in [1.29, 1.82) is 0 Å². The maximum atomic E-state index is 12.4. The van der Waals surface area contributed by atoms with Crippen molar-refractivity contribution in [3.8, 4) is 11.1 Å². The van der Waals surface area contributed by atoms with E-state index in [0.717, 1.165) is 22.7 Å². The molecule has 0 aliphatic heterocycles. The van der Waals surface area contributed by atoms with Gasteiger partial charge in [-0.2, -0.15) is 0 Å². The lowest BCUT2D eigenvalue weighted by Crippen LogP contribution is -2.46. The molecule has 0 saturated heterocycles. The van der Waals surface area contributed by atoms with Crippen LogP contribution < -0.4 is 32.8 Å². The molecule has 0 atom stereocenters. The van der Waals surface area contributed by atoms with Crippen LogP contribution in [0.5, 0.6) is 0 Å². The monoisotopic (exact) mass is 502 g/mol. The molecule has 2 amide bonds. The summed E-state index contributed by atoms with van der Waals surface area (Å²) >= 11 is 0. The lowest BCUT2D eigenvalue weighted by atomic mass is 10.1. The second-order valence-corrected chi connectivity index (χ2v) is 7.81. The third-order valence-electron chi connectivity index (χ3n) is 4.92. The molecule has 8 N–H and O–H groups in total. The Hall–Kier alpha value is -3.37. The van der Waals surface area contributed by atoms with Crippen molar-refractivity contribution in [1.82, 2.24) is 20.6 Å². The summed E-state index contributed by atoms with van der Waals surface area (Å²) in [5.41, 5.74) is 14.6. The van der Waals surface area contributed by atoms with Crippen LogP contribution in [0.25, 0.3) is 11.1 Å². The quantitative estimate of drug-likeness (QED) is 0.103. The topological polar surface area (TPSA) is 156 Å². The summed E-state index contributed by atoms with van der Waals surface area (Å²) in [7, 11) is 1.46.